The number of benzene rings is 1. The first-order chi connectivity index (χ1) is 15.7. The smallest absolute Gasteiger partial charge is 0.290 e. The molecule has 0 saturated heterocycles. The molecule has 0 radical (unpaired) electrons. The molecular formula is C23H23N5O4. The molecule has 1 aromatic carbocycles. The number of imidazole rings is 1. The van der Waals surface area contributed by atoms with E-state index < -0.39 is 0 Å². The first-order valence-corrected chi connectivity index (χ1v) is 9.75. The van der Waals surface area contributed by atoms with Crippen molar-refractivity contribution in [2.45, 2.75) is 13.0 Å². The van der Waals surface area contributed by atoms with Crippen LogP contribution in [0, 0.1) is 0 Å². The third kappa shape index (κ3) is 5.45. The topological polar surface area (TPSA) is 112 Å². The summed E-state index contributed by atoms with van der Waals surface area (Å²) in [5.41, 5.74) is 3.58. The Bertz CT molecular complexity index is 1130. The fourth-order valence-corrected chi connectivity index (χ4v) is 3.15. The molecule has 9 nitrogen and oxygen atoms in total. The Kier molecular flexibility index (Phi) is 7.85. The molecule has 0 bridgehead atoms. The molecule has 0 saturated carbocycles. The van der Waals surface area contributed by atoms with Gasteiger partial charge in [0, 0.05) is 54.4 Å². The molecule has 0 aliphatic carbocycles. The Hall–Kier alpha value is -4.27. The molecule has 9 heteroatoms. The van der Waals surface area contributed by atoms with Crippen LogP contribution in [0.3, 0.4) is 0 Å². The number of ether oxygens (including phenoxy) is 2. The summed E-state index contributed by atoms with van der Waals surface area (Å²) >= 11 is 0. The van der Waals surface area contributed by atoms with Crippen LogP contribution in [0.1, 0.15) is 5.69 Å². The van der Waals surface area contributed by atoms with Crippen molar-refractivity contribution >= 4 is 6.47 Å². The van der Waals surface area contributed by atoms with E-state index in [1.54, 1.807) is 20.3 Å². The molecule has 0 unspecified atom stereocenters. The van der Waals surface area contributed by atoms with Gasteiger partial charge in [-0.2, -0.15) is 0 Å². The molecule has 1 N–H and O–H groups in total. The molecule has 0 aliphatic rings. The molecule has 0 amide bonds. The van der Waals surface area contributed by atoms with Gasteiger partial charge in [0.25, 0.3) is 6.47 Å². The van der Waals surface area contributed by atoms with Gasteiger partial charge >= 0.3 is 0 Å². The third-order valence-electron chi connectivity index (χ3n) is 4.63. The fraction of sp³-hybridized carbons (Fsp3) is 0.174. The second-order valence-electron chi connectivity index (χ2n) is 6.50. The predicted octanol–water partition coefficient (Wildman–Crippen LogP) is 3.36. The summed E-state index contributed by atoms with van der Waals surface area (Å²) in [5, 5.41) is 15.2. The second-order valence-corrected chi connectivity index (χ2v) is 6.50. The lowest BCUT2D eigenvalue weighted by atomic mass is 10.1. The van der Waals surface area contributed by atoms with Crippen molar-refractivity contribution in [3.05, 3.63) is 72.8 Å². The van der Waals surface area contributed by atoms with Crippen molar-refractivity contribution in [2.75, 3.05) is 14.2 Å². The third-order valence-corrected chi connectivity index (χ3v) is 4.63. The zero-order chi connectivity index (χ0) is 22.8. The van der Waals surface area contributed by atoms with E-state index in [-0.39, 0.29) is 6.47 Å². The monoisotopic (exact) mass is 433 g/mol. The molecule has 0 spiro atoms. The minimum Gasteiger partial charge on any atom is -0.496 e. The summed E-state index contributed by atoms with van der Waals surface area (Å²) in [6.45, 7) is 0.538. The molecule has 4 rings (SSSR count). The zero-order valence-electron chi connectivity index (χ0n) is 17.8. The van der Waals surface area contributed by atoms with Crippen LogP contribution in [0.4, 0.5) is 0 Å². The maximum Gasteiger partial charge on any atom is 0.290 e. The van der Waals surface area contributed by atoms with E-state index in [9.17, 15) is 0 Å². The summed E-state index contributed by atoms with van der Waals surface area (Å²) < 4.78 is 12.8. The highest BCUT2D eigenvalue weighted by atomic mass is 16.5. The van der Waals surface area contributed by atoms with Crippen LogP contribution < -0.4 is 9.47 Å². The number of carbonyl (C=O) groups is 1. The molecule has 3 aromatic heterocycles. The Morgan fingerprint density at radius 3 is 2.50 bits per heavy atom. The molecular weight excluding hydrogens is 410 g/mol. The van der Waals surface area contributed by atoms with E-state index in [0.717, 1.165) is 41.4 Å². The number of methoxy groups -OCH3 is 2. The normalized spacial score (nSPS) is 10.1. The summed E-state index contributed by atoms with van der Waals surface area (Å²) in [6, 6.07) is 15.5. The lowest BCUT2D eigenvalue weighted by molar-refractivity contribution is -0.122. The van der Waals surface area contributed by atoms with E-state index in [1.807, 2.05) is 61.1 Å². The Labute approximate surface area is 185 Å². The van der Waals surface area contributed by atoms with Crippen LogP contribution in [0.5, 0.6) is 11.6 Å². The van der Waals surface area contributed by atoms with Crippen molar-refractivity contribution in [1.82, 2.24) is 24.7 Å². The van der Waals surface area contributed by atoms with E-state index in [1.165, 1.54) is 0 Å². The van der Waals surface area contributed by atoms with Crippen molar-refractivity contribution in [1.29, 1.82) is 0 Å². The van der Waals surface area contributed by atoms with Crippen LogP contribution >= 0.6 is 0 Å². The molecule has 32 heavy (non-hydrogen) atoms. The summed E-state index contributed by atoms with van der Waals surface area (Å²) in [5.74, 6) is 2.07. The van der Waals surface area contributed by atoms with Crippen molar-refractivity contribution in [3.8, 4) is 34.3 Å². The summed E-state index contributed by atoms with van der Waals surface area (Å²) in [7, 11) is 3.21. The number of nitrogens with zero attached hydrogens (tertiary/aromatic N) is 5. The van der Waals surface area contributed by atoms with Gasteiger partial charge in [-0.25, -0.2) is 4.98 Å². The molecule has 164 valence electrons. The number of aryl methyl sites for hydroxylation is 2. The number of rotatable bonds is 7. The molecule has 0 atom stereocenters. The Morgan fingerprint density at radius 2 is 1.84 bits per heavy atom. The average Bonchev–Trinajstić information content (AvgIpc) is 3.32. The molecule has 0 aliphatic heterocycles. The van der Waals surface area contributed by atoms with Gasteiger partial charge in [0.15, 0.2) is 0 Å². The Morgan fingerprint density at radius 1 is 1.00 bits per heavy atom. The number of hydrogen-bond acceptors (Lipinski definition) is 7. The van der Waals surface area contributed by atoms with E-state index in [4.69, 9.17) is 19.4 Å². The highest BCUT2D eigenvalue weighted by molar-refractivity contribution is 5.73. The molecule has 0 fully saturated rings. The fourth-order valence-electron chi connectivity index (χ4n) is 3.15. The zero-order valence-corrected chi connectivity index (χ0v) is 17.8. The van der Waals surface area contributed by atoms with E-state index in [0.29, 0.717) is 11.6 Å². The lowest BCUT2D eigenvalue weighted by Crippen LogP contribution is -2.04. The summed E-state index contributed by atoms with van der Waals surface area (Å²) in [4.78, 5) is 17.3. The molecule has 3 heterocycles. The highest BCUT2D eigenvalue weighted by Gasteiger charge is 2.13. The van der Waals surface area contributed by atoms with E-state index in [2.05, 4.69) is 24.7 Å². The minimum absolute atomic E-state index is 0.250. The van der Waals surface area contributed by atoms with Crippen molar-refractivity contribution < 1.29 is 19.4 Å². The van der Waals surface area contributed by atoms with Crippen LogP contribution in [0.25, 0.3) is 22.6 Å². The number of carboxylic acid groups (broad SMARTS) is 1. The van der Waals surface area contributed by atoms with Gasteiger partial charge in [0.1, 0.15) is 11.6 Å². The SMILES string of the molecule is COc1ccc(-c2cc(-c3nccn3CCc3ccccn3)ccc2OC)nn1.O=CO. The van der Waals surface area contributed by atoms with Crippen molar-refractivity contribution in [2.24, 2.45) is 0 Å². The maximum atomic E-state index is 8.36. The Balaban J connectivity index is 0.000000913. The first kappa shape index (κ1) is 22.4. The summed E-state index contributed by atoms with van der Waals surface area (Å²) in [6.07, 6.45) is 6.44. The van der Waals surface area contributed by atoms with Gasteiger partial charge < -0.3 is 19.1 Å². The van der Waals surface area contributed by atoms with Gasteiger partial charge in [0.05, 0.1) is 19.9 Å². The van der Waals surface area contributed by atoms with Crippen molar-refractivity contribution in [3.63, 3.8) is 0 Å². The van der Waals surface area contributed by atoms with Crippen LogP contribution in [0.2, 0.25) is 0 Å². The second kappa shape index (κ2) is 11.2. The quantitative estimate of drug-likeness (QED) is 0.442. The maximum absolute atomic E-state index is 8.36. The van der Waals surface area contributed by atoms with Crippen LogP contribution in [-0.4, -0.2) is 50.5 Å². The van der Waals surface area contributed by atoms with Gasteiger partial charge in [-0.15, -0.1) is 10.2 Å². The number of aromatic nitrogens is 5. The number of hydrogen-bond donors (Lipinski definition) is 1. The van der Waals surface area contributed by atoms with E-state index >= 15 is 0 Å². The largest absolute Gasteiger partial charge is 0.496 e. The van der Waals surface area contributed by atoms with Gasteiger partial charge in [-0.1, -0.05) is 6.07 Å². The first-order valence-electron chi connectivity index (χ1n) is 9.75. The van der Waals surface area contributed by atoms with Gasteiger partial charge in [0.2, 0.25) is 5.88 Å². The highest BCUT2D eigenvalue weighted by Crippen LogP contribution is 2.33. The van der Waals surface area contributed by atoms with Gasteiger partial charge in [-0.05, 0) is 36.4 Å². The standard InChI is InChI=1S/C22H21N5O2.CH2O2/c1-28-20-8-6-16(15-18(20)19-7-9-21(29-2)26-25-19)22-24-12-14-27(22)13-10-17-5-3-4-11-23-17;2-1-3/h3-9,11-12,14-15H,10,13H2,1-2H3;1H,(H,2,3). The van der Waals surface area contributed by atoms with Gasteiger partial charge in [-0.3, -0.25) is 9.78 Å². The minimum atomic E-state index is -0.250. The lowest BCUT2D eigenvalue weighted by Gasteiger charge is -2.12. The average molecular weight is 433 g/mol. The molecule has 4 aromatic rings. The van der Waals surface area contributed by atoms with Crippen LogP contribution in [-0.2, 0) is 17.8 Å². The number of pyridine rings is 1. The van der Waals surface area contributed by atoms with Crippen LogP contribution in [0.15, 0.2) is 67.1 Å². The predicted molar refractivity (Wildman–Crippen MR) is 118 cm³/mol.